The van der Waals surface area contributed by atoms with Gasteiger partial charge in [-0.05, 0) is 42.5 Å². The van der Waals surface area contributed by atoms with Gasteiger partial charge in [-0.15, -0.1) is 0 Å². The number of rotatable bonds is 4. The van der Waals surface area contributed by atoms with E-state index < -0.39 is 10.8 Å². The van der Waals surface area contributed by atoms with Crippen molar-refractivity contribution in [2.24, 2.45) is 5.73 Å². The summed E-state index contributed by atoms with van der Waals surface area (Å²) in [6.45, 7) is 0. The molecule has 2 rings (SSSR count). The number of nitrogens with two attached hydrogens (primary N) is 1. The molecule has 10 heteroatoms. The smallest absolute Gasteiger partial charge is 0.271 e. The van der Waals surface area contributed by atoms with Crippen LogP contribution in [0, 0.1) is 10.1 Å². The molecule has 0 saturated heterocycles. The quantitative estimate of drug-likeness (QED) is 0.373. The van der Waals surface area contributed by atoms with Crippen LogP contribution in [0.2, 0.25) is 5.02 Å². The number of halogens is 1. The summed E-state index contributed by atoms with van der Waals surface area (Å²) < 4.78 is 0. The van der Waals surface area contributed by atoms with Gasteiger partial charge in [-0.1, -0.05) is 11.6 Å². The number of amides is 1. The van der Waals surface area contributed by atoms with Crippen LogP contribution in [0.15, 0.2) is 42.5 Å². The molecule has 0 aliphatic rings. The predicted molar refractivity (Wildman–Crippen MR) is 95.2 cm³/mol. The van der Waals surface area contributed by atoms with E-state index >= 15 is 0 Å². The molecule has 0 fully saturated rings. The number of nitro benzene ring substituents is 1. The van der Waals surface area contributed by atoms with E-state index in [-0.39, 0.29) is 22.1 Å². The second-order valence-corrected chi connectivity index (χ2v) is 5.44. The number of thiocarbonyl (C=S) groups is 1. The molecular formula is C14H12ClN5O3S. The Morgan fingerprint density at radius 2 is 1.83 bits per heavy atom. The summed E-state index contributed by atoms with van der Waals surface area (Å²) in [7, 11) is 0. The lowest BCUT2D eigenvalue weighted by Crippen LogP contribution is -2.44. The number of carbonyl (C=O) groups is 1. The fourth-order valence-electron chi connectivity index (χ4n) is 1.82. The number of hydrogen-bond donors (Lipinski definition) is 4. The summed E-state index contributed by atoms with van der Waals surface area (Å²) in [6, 6.07) is 10.5. The maximum atomic E-state index is 12.2. The molecule has 2 aromatic rings. The normalized spacial score (nSPS) is 9.88. The van der Waals surface area contributed by atoms with E-state index in [1.807, 2.05) is 0 Å². The van der Waals surface area contributed by atoms with Crippen molar-refractivity contribution < 1.29 is 9.72 Å². The van der Waals surface area contributed by atoms with E-state index in [9.17, 15) is 14.9 Å². The number of nitrogens with one attached hydrogen (secondary N) is 3. The molecule has 24 heavy (non-hydrogen) atoms. The van der Waals surface area contributed by atoms with Crippen LogP contribution >= 0.6 is 23.8 Å². The van der Waals surface area contributed by atoms with E-state index in [0.717, 1.165) is 0 Å². The molecule has 8 nitrogen and oxygen atoms in total. The maximum absolute atomic E-state index is 12.2. The Bertz CT molecular complexity index is 797. The Balaban J connectivity index is 2.35. The topological polar surface area (TPSA) is 122 Å². The average molecular weight is 366 g/mol. The van der Waals surface area contributed by atoms with Crippen LogP contribution in [0.1, 0.15) is 10.4 Å². The molecular weight excluding hydrogens is 354 g/mol. The first-order chi connectivity index (χ1) is 11.4. The van der Waals surface area contributed by atoms with Gasteiger partial charge in [-0.3, -0.25) is 25.8 Å². The Morgan fingerprint density at radius 3 is 2.42 bits per heavy atom. The highest BCUT2D eigenvalue weighted by Crippen LogP contribution is 2.26. The largest absolute Gasteiger partial charge is 0.375 e. The standard InChI is InChI=1S/C14H12ClN5O3S/c15-8-1-3-9(4-2-8)17-12-7-10(20(22)23)5-6-11(12)13(21)18-19-14(16)24/h1-7,17H,(H,18,21)(H3,16,19,24). The van der Waals surface area contributed by atoms with Gasteiger partial charge in [0.2, 0.25) is 0 Å². The first-order valence-electron chi connectivity index (χ1n) is 6.53. The maximum Gasteiger partial charge on any atom is 0.271 e. The van der Waals surface area contributed by atoms with Gasteiger partial charge in [-0.25, -0.2) is 0 Å². The van der Waals surface area contributed by atoms with Crippen molar-refractivity contribution in [1.82, 2.24) is 10.9 Å². The predicted octanol–water partition coefficient (Wildman–Crippen LogP) is 2.47. The number of benzene rings is 2. The minimum Gasteiger partial charge on any atom is -0.375 e. The molecule has 0 radical (unpaired) electrons. The zero-order chi connectivity index (χ0) is 17.7. The van der Waals surface area contributed by atoms with Crippen molar-refractivity contribution in [3.8, 4) is 0 Å². The number of non-ortho nitro benzene ring substituents is 1. The van der Waals surface area contributed by atoms with Crippen molar-refractivity contribution in [3.05, 3.63) is 63.2 Å². The molecule has 1 amide bonds. The summed E-state index contributed by atoms with van der Waals surface area (Å²) in [5.41, 5.74) is 10.7. The third-order valence-electron chi connectivity index (χ3n) is 2.88. The zero-order valence-electron chi connectivity index (χ0n) is 12.1. The lowest BCUT2D eigenvalue weighted by molar-refractivity contribution is -0.384. The van der Waals surface area contributed by atoms with Gasteiger partial charge in [0, 0.05) is 22.8 Å². The van der Waals surface area contributed by atoms with Crippen LogP contribution in [0.25, 0.3) is 0 Å². The number of carbonyl (C=O) groups excluding carboxylic acids is 1. The number of hydrazine groups is 1. The minimum atomic E-state index is -0.561. The zero-order valence-corrected chi connectivity index (χ0v) is 13.6. The fraction of sp³-hybridized carbons (Fsp3) is 0. The van der Waals surface area contributed by atoms with Gasteiger partial charge in [0.25, 0.3) is 11.6 Å². The summed E-state index contributed by atoms with van der Waals surface area (Å²) >= 11 is 10.4. The van der Waals surface area contributed by atoms with Crippen molar-refractivity contribution in [2.45, 2.75) is 0 Å². The molecule has 0 unspecified atom stereocenters. The second-order valence-electron chi connectivity index (χ2n) is 4.56. The van der Waals surface area contributed by atoms with Crippen molar-refractivity contribution >= 4 is 51.9 Å². The fourth-order valence-corrected chi connectivity index (χ4v) is 2.00. The molecule has 0 aliphatic carbocycles. The molecule has 0 bridgehead atoms. The molecule has 0 heterocycles. The van der Waals surface area contributed by atoms with Gasteiger partial charge >= 0.3 is 0 Å². The van der Waals surface area contributed by atoms with Crippen LogP contribution in [-0.4, -0.2) is 15.9 Å². The van der Waals surface area contributed by atoms with Gasteiger partial charge in [0.05, 0.1) is 16.2 Å². The first kappa shape index (κ1) is 17.4. The van der Waals surface area contributed by atoms with E-state index in [1.54, 1.807) is 24.3 Å². The molecule has 0 aromatic heterocycles. The second kappa shape index (κ2) is 7.57. The average Bonchev–Trinajstić information content (AvgIpc) is 2.54. The van der Waals surface area contributed by atoms with Crippen LogP contribution in [0.5, 0.6) is 0 Å². The molecule has 0 aliphatic heterocycles. The SMILES string of the molecule is NC(=S)NNC(=O)c1ccc([N+](=O)[O-])cc1Nc1ccc(Cl)cc1. The Kier molecular flexibility index (Phi) is 5.51. The summed E-state index contributed by atoms with van der Waals surface area (Å²) in [5, 5.41) is 14.3. The molecule has 0 saturated carbocycles. The van der Waals surface area contributed by atoms with Crippen LogP contribution in [0.4, 0.5) is 17.1 Å². The highest BCUT2D eigenvalue weighted by atomic mass is 35.5. The minimum absolute atomic E-state index is 0.113. The Hall–Kier alpha value is -2.91. The number of anilines is 2. The van der Waals surface area contributed by atoms with Crippen LogP contribution in [0.3, 0.4) is 0 Å². The molecule has 2 aromatic carbocycles. The van der Waals surface area contributed by atoms with Crippen molar-refractivity contribution in [2.75, 3.05) is 5.32 Å². The summed E-state index contributed by atoms with van der Waals surface area (Å²) in [5.74, 6) is -0.561. The van der Waals surface area contributed by atoms with Gasteiger partial charge in [-0.2, -0.15) is 0 Å². The monoisotopic (exact) mass is 365 g/mol. The highest BCUT2D eigenvalue weighted by Gasteiger charge is 2.16. The van der Waals surface area contributed by atoms with Crippen molar-refractivity contribution in [1.29, 1.82) is 0 Å². The van der Waals surface area contributed by atoms with E-state index in [1.165, 1.54) is 18.2 Å². The van der Waals surface area contributed by atoms with E-state index in [2.05, 4.69) is 28.4 Å². The number of hydrogen-bond acceptors (Lipinski definition) is 5. The number of nitro groups is 1. The third kappa shape index (κ3) is 4.54. The first-order valence-corrected chi connectivity index (χ1v) is 7.32. The van der Waals surface area contributed by atoms with E-state index in [4.69, 9.17) is 17.3 Å². The highest BCUT2D eigenvalue weighted by molar-refractivity contribution is 7.80. The lowest BCUT2D eigenvalue weighted by Gasteiger charge is -2.13. The number of nitrogens with zero attached hydrogens (tertiary/aromatic N) is 1. The molecule has 0 atom stereocenters. The third-order valence-corrected chi connectivity index (χ3v) is 3.24. The lowest BCUT2D eigenvalue weighted by atomic mass is 10.1. The van der Waals surface area contributed by atoms with Crippen LogP contribution in [-0.2, 0) is 0 Å². The van der Waals surface area contributed by atoms with Gasteiger partial charge < -0.3 is 11.1 Å². The van der Waals surface area contributed by atoms with Gasteiger partial charge in [0.15, 0.2) is 5.11 Å². The van der Waals surface area contributed by atoms with E-state index in [0.29, 0.717) is 10.7 Å². The molecule has 0 spiro atoms. The van der Waals surface area contributed by atoms with Crippen LogP contribution < -0.4 is 21.9 Å². The molecule has 124 valence electrons. The summed E-state index contributed by atoms with van der Waals surface area (Å²) in [6.07, 6.45) is 0. The van der Waals surface area contributed by atoms with Crippen molar-refractivity contribution in [3.63, 3.8) is 0 Å². The Morgan fingerprint density at radius 1 is 1.17 bits per heavy atom. The van der Waals surface area contributed by atoms with Gasteiger partial charge in [0.1, 0.15) is 0 Å². The molecule has 5 N–H and O–H groups in total. The summed E-state index contributed by atoms with van der Waals surface area (Å²) in [4.78, 5) is 22.6. The Labute approximate surface area is 147 Å².